The van der Waals surface area contributed by atoms with Crippen molar-refractivity contribution in [2.24, 2.45) is 0 Å². The second kappa shape index (κ2) is 7.99. The minimum absolute atomic E-state index is 0.0298. The van der Waals surface area contributed by atoms with Crippen LogP contribution in [0.3, 0.4) is 0 Å². The number of anilines is 1. The van der Waals surface area contributed by atoms with E-state index in [0.29, 0.717) is 25.1 Å². The first kappa shape index (κ1) is 18.6. The van der Waals surface area contributed by atoms with Crippen LogP contribution in [-0.4, -0.2) is 36.0 Å². The predicted molar refractivity (Wildman–Crippen MR) is 97.4 cm³/mol. The fourth-order valence-electron chi connectivity index (χ4n) is 3.01. The van der Waals surface area contributed by atoms with Crippen molar-refractivity contribution in [3.8, 4) is 0 Å². The van der Waals surface area contributed by atoms with Gasteiger partial charge in [0.05, 0.1) is 11.1 Å². The number of amides is 2. The van der Waals surface area contributed by atoms with Gasteiger partial charge in [0.1, 0.15) is 5.82 Å². The molecule has 0 unspecified atom stereocenters. The standard InChI is InChI=1S/C20H19FN2O4/c21-17-8-7-15(23-11-1-2-18(23)24)12-16(17)19(25)22-10-9-13-3-5-14(6-4-13)20(26)27/h3-8,12H,1-2,9-11H2,(H,22,25)(H,26,27). The molecule has 0 radical (unpaired) electrons. The SMILES string of the molecule is O=C(O)c1ccc(CCNC(=O)c2cc(N3CCCC3=O)ccc2F)cc1. The molecule has 3 rings (SSSR count). The lowest BCUT2D eigenvalue weighted by atomic mass is 10.1. The molecule has 1 heterocycles. The van der Waals surface area contributed by atoms with Gasteiger partial charge in [-0.1, -0.05) is 12.1 Å². The Morgan fingerprint density at radius 3 is 2.52 bits per heavy atom. The summed E-state index contributed by atoms with van der Waals surface area (Å²) in [5, 5.41) is 11.5. The van der Waals surface area contributed by atoms with E-state index in [0.717, 1.165) is 12.0 Å². The van der Waals surface area contributed by atoms with Crippen molar-refractivity contribution in [1.82, 2.24) is 5.32 Å². The molecule has 2 N–H and O–H groups in total. The Balaban J connectivity index is 1.62. The lowest BCUT2D eigenvalue weighted by Crippen LogP contribution is -2.28. The molecular formula is C20H19FN2O4. The summed E-state index contributed by atoms with van der Waals surface area (Å²) < 4.78 is 14.1. The Labute approximate surface area is 155 Å². The third-order valence-corrected chi connectivity index (χ3v) is 4.48. The molecule has 140 valence electrons. The summed E-state index contributed by atoms with van der Waals surface area (Å²) in [6.45, 7) is 0.843. The lowest BCUT2D eigenvalue weighted by molar-refractivity contribution is -0.117. The lowest BCUT2D eigenvalue weighted by Gasteiger charge is -2.17. The number of halogens is 1. The van der Waals surface area contributed by atoms with Gasteiger partial charge in [0.25, 0.3) is 5.91 Å². The molecule has 0 aromatic heterocycles. The number of carboxylic acid groups (broad SMARTS) is 1. The summed E-state index contributed by atoms with van der Waals surface area (Å²) in [7, 11) is 0. The van der Waals surface area contributed by atoms with Crippen LogP contribution < -0.4 is 10.2 Å². The molecule has 1 aliphatic rings. The van der Waals surface area contributed by atoms with E-state index >= 15 is 0 Å². The highest BCUT2D eigenvalue weighted by Crippen LogP contribution is 2.23. The fraction of sp³-hybridized carbons (Fsp3) is 0.250. The first-order chi connectivity index (χ1) is 13.0. The maximum atomic E-state index is 14.1. The Bertz CT molecular complexity index is 880. The van der Waals surface area contributed by atoms with Gasteiger partial charge in [-0.25, -0.2) is 9.18 Å². The number of nitrogens with zero attached hydrogens (tertiary/aromatic N) is 1. The van der Waals surface area contributed by atoms with E-state index in [1.807, 2.05) is 0 Å². The van der Waals surface area contributed by atoms with E-state index < -0.39 is 17.7 Å². The molecule has 2 aromatic carbocycles. The zero-order valence-corrected chi connectivity index (χ0v) is 14.6. The van der Waals surface area contributed by atoms with Gasteiger partial charge in [-0.2, -0.15) is 0 Å². The molecule has 0 spiro atoms. The molecule has 7 heteroatoms. The maximum Gasteiger partial charge on any atom is 0.335 e. The molecule has 27 heavy (non-hydrogen) atoms. The monoisotopic (exact) mass is 370 g/mol. The van der Waals surface area contributed by atoms with Crippen LogP contribution in [0, 0.1) is 5.82 Å². The van der Waals surface area contributed by atoms with E-state index in [1.54, 1.807) is 17.0 Å². The molecule has 2 amide bonds. The van der Waals surface area contributed by atoms with Crippen LogP contribution in [0.25, 0.3) is 0 Å². The zero-order valence-electron chi connectivity index (χ0n) is 14.6. The highest BCUT2D eigenvalue weighted by Gasteiger charge is 2.23. The molecule has 1 aliphatic heterocycles. The number of hydrogen-bond donors (Lipinski definition) is 2. The van der Waals surface area contributed by atoms with Gasteiger partial charge in [-0.15, -0.1) is 0 Å². The molecule has 6 nitrogen and oxygen atoms in total. The van der Waals surface area contributed by atoms with Crippen molar-refractivity contribution in [3.63, 3.8) is 0 Å². The molecule has 2 aromatic rings. The van der Waals surface area contributed by atoms with E-state index in [-0.39, 0.29) is 23.6 Å². The van der Waals surface area contributed by atoms with E-state index in [1.165, 1.54) is 30.3 Å². The minimum Gasteiger partial charge on any atom is -0.478 e. The summed E-state index contributed by atoms with van der Waals surface area (Å²) in [5.41, 5.74) is 1.47. The number of aromatic carboxylic acids is 1. The molecule has 0 aliphatic carbocycles. The van der Waals surface area contributed by atoms with Crippen LogP contribution in [0.1, 0.15) is 39.1 Å². The Hall–Kier alpha value is -3.22. The summed E-state index contributed by atoms with van der Waals surface area (Å²) in [6.07, 6.45) is 1.69. The highest BCUT2D eigenvalue weighted by molar-refractivity contribution is 5.99. The quantitative estimate of drug-likeness (QED) is 0.818. The minimum atomic E-state index is -0.998. The number of carbonyl (C=O) groups excluding carboxylic acids is 2. The van der Waals surface area contributed by atoms with Crippen molar-refractivity contribution < 1.29 is 23.9 Å². The first-order valence-corrected chi connectivity index (χ1v) is 8.66. The van der Waals surface area contributed by atoms with E-state index in [4.69, 9.17) is 5.11 Å². The Morgan fingerprint density at radius 2 is 1.89 bits per heavy atom. The van der Waals surface area contributed by atoms with Crippen LogP contribution in [0.2, 0.25) is 0 Å². The van der Waals surface area contributed by atoms with Gasteiger partial charge in [0.2, 0.25) is 5.91 Å². The Morgan fingerprint density at radius 1 is 1.15 bits per heavy atom. The van der Waals surface area contributed by atoms with Crippen molar-refractivity contribution >= 4 is 23.5 Å². The topological polar surface area (TPSA) is 86.7 Å². The molecule has 0 atom stereocenters. The number of carboxylic acids is 1. The largest absolute Gasteiger partial charge is 0.478 e. The number of carbonyl (C=O) groups is 3. The highest BCUT2D eigenvalue weighted by atomic mass is 19.1. The van der Waals surface area contributed by atoms with Gasteiger partial charge < -0.3 is 15.3 Å². The summed E-state index contributed by atoms with van der Waals surface area (Å²) in [6, 6.07) is 10.4. The van der Waals surface area contributed by atoms with Gasteiger partial charge in [-0.05, 0) is 48.7 Å². The van der Waals surface area contributed by atoms with E-state index in [9.17, 15) is 18.8 Å². The average molecular weight is 370 g/mol. The smallest absolute Gasteiger partial charge is 0.335 e. The average Bonchev–Trinajstić information content (AvgIpc) is 3.08. The first-order valence-electron chi connectivity index (χ1n) is 8.66. The number of hydrogen-bond acceptors (Lipinski definition) is 3. The van der Waals surface area contributed by atoms with Gasteiger partial charge in [-0.3, -0.25) is 9.59 Å². The fourth-order valence-corrected chi connectivity index (χ4v) is 3.01. The predicted octanol–water partition coefficient (Wildman–Crippen LogP) is 2.62. The van der Waals surface area contributed by atoms with Crippen molar-refractivity contribution in [2.75, 3.05) is 18.0 Å². The second-order valence-electron chi connectivity index (χ2n) is 6.32. The van der Waals surface area contributed by atoms with Crippen LogP contribution in [0.15, 0.2) is 42.5 Å². The van der Waals surface area contributed by atoms with Gasteiger partial charge in [0.15, 0.2) is 0 Å². The molecule has 1 fully saturated rings. The zero-order chi connectivity index (χ0) is 19.4. The van der Waals surface area contributed by atoms with Crippen LogP contribution in [0.5, 0.6) is 0 Å². The molecule has 0 saturated carbocycles. The second-order valence-corrected chi connectivity index (χ2v) is 6.32. The summed E-state index contributed by atoms with van der Waals surface area (Å²) in [5.74, 6) is -2.23. The summed E-state index contributed by atoms with van der Waals surface area (Å²) in [4.78, 5) is 36.5. The van der Waals surface area contributed by atoms with Crippen LogP contribution in [-0.2, 0) is 11.2 Å². The number of nitrogens with one attached hydrogen (secondary N) is 1. The van der Waals surface area contributed by atoms with E-state index in [2.05, 4.69) is 5.32 Å². The van der Waals surface area contributed by atoms with Crippen molar-refractivity contribution in [1.29, 1.82) is 0 Å². The molecule has 1 saturated heterocycles. The number of rotatable bonds is 6. The Kier molecular flexibility index (Phi) is 5.49. The normalized spacial score (nSPS) is 13.7. The number of benzene rings is 2. The maximum absolute atomic E-state index is 14.1. The third-order valence-electron chi connectivity index (χ3n) is 4.48. The van der Waals surface area contributed by atoms with Crippen molar-refractivity contribution in [3.05, 3.63) is 65.0 Å². The van der Waals surface area contributed by atoms with Gasteiger partial charge >= 0.3 is 5.97 Å². The van der Waals surface area contributed by atoms with Crippen molar-refractivity contribution in [2.45, 2.75) is 19.3 Å². The van der Waals surface area contributed by atoms with Crippen LogP contribution >= 0.6 is 0 Å². The summed E-state index contributed by atoms with van der Waals surface area (Å²) >= 11 is 0. The van der Waals surface area contributed by atoms with Gasteiger partial charge in [0, 0.05) is 25.2 Å². The third kappa shape index (κ3) is 4.31. The molecule has 0 bridgehead atoms. The van der Waals surface area contributed by atoms with Crippen LogP contribution in [0.4, 0.5) is 10.1 Å². The molecular weight excluding hydrogens is 351 g/mol.